The molecule has 0 spiro atoms. The van der Waals surface area contributed by atoms with Crippen molar-refractivity contribution in [2.75, 3.05) is 25.1 Å². The van der Waals surface area contributed by atoms with Gasteiger partial charge in [-0.3, -0.25) is 4.79 Å². The van der Waals surface area contributed by atoms with Crippen molar-refractivity contribution >= 4 is 28.8 Å². The van der Waals surface area contributed by atoms with E-state index in [1.807, 2.05) is 25.1 Å². The van der Waals surface area contributed by atoms with Crippen molar-refractivity contribution < 1.29 is 9.53 Å². The number of anilines is 1. The van der Waals surface area contributed by atoms with Crippen LogP contribution in [0, 0.1) is 6.92 Å². The van der Waals surface area contributed by atoms with Crippen molar-refractivity contribution in [1.82, 2.24) is 5.32 Å². The molecule has 1 amide bonds. The molecule has 5 heteroatoms. The molecule has 0 radical (unpaired) electrons. The molecule has 1 rings (SSSR count). The molecular formula is C27H46N2O2S. The normalized spacial score (nSPS) is 10.8. The monoisotopic (exact) mass is 462 g/mol. The Hall–Kier alpha value is -1.46. The predicted octanol–water partition coefficient (Wildman–Crippen LogP) is 7.33. The number of hydrogen-bond donors (Lipinski definition) is 2. The minimum Gasteiger partial charge on any atom is -0.381 e. The van der Waals surface area contributed by atoms with E-state index >= 15 is 0 Å². The van der Waals surface area contributed by atoms with E-state index in [2.05, 4.69) is 24.5 Å². The van der Waals surface area contributed by atoms with Crippen molar-refractivity contribution in [3.63, 3.8) is 0 Å². The summed E-state index contributed by atoms with van der Waals surface area (Å²) >= 11 is 5.48. The maximum Gasteiger partial charge on any atom is 0.224 e. The molecule has 1 aromatic carbocycles. The molecule has 0 unspecified atom stereocenters. The third-order valence-corrected chi connectivity index (χ3v) is 6.05. The van der Waals surface area contributed by atoms with Gasteiger partial charge in [0.05, 0.1) is 0 Å². The maximum absolute atomic E-state index is 12.3. The van der Waals surface area contributed by atoms with Gasteiger partial charge in [-0.25, -0.2) is 0 Å². The molecule has 4 nitrogen and oxygen atoms in total. The first kappa shape index (κ1) is 28.6. The largest absolute Gasteiger partial charge is 0.381 e. The van der Waals surface area contributed by atoms with Crippen LogP contribution in [0.2, 0.25) is 0 Å². The standard InChI is InChI=1S/C27H46N2O2S/c1-4-6-8-9-10-11-12-13-14-20-31-21-15-16-26(30)29-25-22-24(18-17-23(25)3)27(32)28-19-7-5-2/h17-18,22H,4-16,19-21H2,1-3H3,(H,28,32)(H,29,30). The van der Waals surface area contributed by atoms with Crippen molar-refractivity contribution in [3.05, 3.63) is 29.3 Å². The minimum atomic E-state index is 0.0294. The molecule has 2 N–H and O–H groups in total. The van der Waals surface area contributed by atoms with E-state index in [1.165, 1.54) is 51.4 Å². The molecule has 0 saturated carbocycles. The topological polar surface area (TPSA) is 50.4 Å². The van der Waals surface area contributed by atoms with E-state index < -0.39 is 0 Å². The summed E-state index contributed by atoms with van der Waals surface area (Å²) in [6, 6.07) is 5.98. The van der Waals surface area contributed by atoms with Gasteiger partial charge in [-0.2, -0.15) is 0 Å². The van der Waals surface area contributed by atoms with Crippen LogP contribution in [0.4, 0.5) is 5.69 Å². The van der Waals surface area contributed by atoms with Crippen LogP contribution in [0.5, 0.6) is 0 Å². The summed E-state index contributed by atoms with van der Waals surface area (Å²) in [4.78, 5) is 13.1. The first-order valence-corrected chi connectivity index (χ1v) is 13.3. The number of rotatable bonds is 19. The number of carbonyl (C=O) groups is 1. The zero-order valence-electron chi connectivity index (χ0n) is 20.8. The Balaban J connectivity index is 2.14. The lowest BCUT2D eigenvalue weighted by Crippen LogP contribution is -2.23. The van der Waals surface area contributed by atoms with Crippen LogP contribution in [0.3, 0.4) is 0 Å². The molecule has 0 fully saturated rings. The molecule has 0 aliphatic rings. The zero-order valence-corrected chi connectivity index (χ0v) is 21.6. The number of benzene rings is 1. The van der Waals surface area contributed by atoms with Gasteiger partial charge in [0.2, 0.25) is 5.91 Å². The molecule has 0 heterocycles. The average molecular weight is 463 g/mol. The summed E-state index contributed by atoms with van der Waals surface area (Å²) < 4.78 is 5.71. The van der Waals surface area contributed by atoms with E-state index in [-0.39, 0.29) is 5.91 Å². The molecule has 0 aliphatic heterocycles. The summed E-state index contributed by atoms with van der Waals surface area (Å²) in [6.07, 6.45) is 15.3. The van der Waals surface area contributed by atoms with Gasteiger partial charge in [0.15, 0.2) is 0 Å². The Morgan fingerprint density at radius 1 is 0.875 bits per heavy atom. The van der Waals surface area contributed by atoms with E-state index in [0.29, 0.717) is 13.0 Å². The number of ether oxygens (including phenoxy) is 1. The van der Waals surface area contributed by atoms with Gasteiger partial charge in [-0.15, -0.1) is 0 Å². The van der Waals surface area contributed by atoms with Crippen LogP contribution in [0.25, 0.3) is 0 Å². The summed E-state index contributed by atoms with van der Waals surface area (Å²) in [7, 11) is 0. The third kappa shape index (κ3) is 13.8. The van der Waals surface area contributed by atoms with Gasteiger partial charge >= 0.3 is 0 Å². The highest BCUT2D eigenvalue weighted by molar-refractivity contribution is 7.80. The Morgan fingerprint density at radius 3 is 2.19 bits per heavy atom. The molecule has 182 valence electrons. The molecule has 0 saturated heterocycles. The van der Waals surface area contributed by atoms with Crippen LogP contribution in [0.1, 0.15) is 108 Å². The quantitative estimate of drug-likeness (QED) is 0.167. The summed E-state index contributed by atoms with van der Waals surface area (Å²) in [5.74, 6) is 0.0294. The van der Waals surface area contributed by atoms with Crippen molar-refractivity contribution in [2.24, 2.45) is 0 Å². The SMILES string of the molecule is CCCCCCCCCCCOCCCC(=O)Nc1cc(C(=S)NCCCC)ccc1C. The Labute approximate surface area is 202 Å². The molecular weight excluding hydrogens is 416 g/mol. The molecule has 0 bridgehead atoms. The second-order valence-corrected chi connectivity index (χ2v) is 9.14. The fourth-order valence-corrected chi connectivity index (χ4v) is 3.77. The van der Waals surface area contributed by atoms with Gasteiger partial charge in [-0.05, 0) is 37.8 Å². The number of hydrogen-bond acceptors (Lipinski definition) is 3. The Kier molecular flexibility index (Phi) is 17.0. The molecule has 32 heavy (non-hydrogen) atoms. The Morgan fingerprint density at radius 2 is 1.50 bits per heavy atom. The highest BCUT2D eigenvalue weighted by atomic mass is 32.1. The van der Waals surface area contributed by atoms with Gasteiger partial charge < -0.3 is 15.4 Å². The van der Waals surface area contributed by atoms with Crippen LogP contribution in [-0.4, -0.2) is 30.7 Å². The lowest BCUT2D eigenvalue weighted by atomic mass is 10.1. The first-order valence-electron chi connectivity index (χ1n) is 12.8. The van der Waals surface area contributed by atoms with Crippen molar-refractivity contribution in [1.29, 1.82) is 0 Å². The number of nitrogens with one attached hydrogen (secondary N) is 2. The molecule has 0 aliphatic carbocycles. The summed E-state index contributed by atoms with van der Waals surface area (Å²) in [5.41, 5.74) is 2.82. The highest BCUT2D eigenvalue weighted by Gasteiger charge is 2.08. The number of aryl methyl sites for hydroxylation is 1. The third-order valence-electron chi connectivity index (χ3n) is 5.67. The highest BCUT2D eigenvalue weighted by Crippen LogP contribution is 2.18. The van der Waals surface area contributed by atoms with Crippen LogP contribution in [0.15, 0.2) is 18.2 Å². The molecule has 0 atom stereocenters. The molecule has 1 aromatic rings. The summed E-state index contributed by atoms with van der Waals surface area (Å²) in [6.45, 7) is 8.75. The van der Waals surface area contributed by atoms with Crippen LogP contribution >= 0.6 is 12.2 Å². The lowest BCUT2D eigenvalue weighted by molar-refractivity contribution is -0.116. The second kappa shape index (κ2) is 19.0. The number of unbranched alkanes of at least 4 members (excludes halogenated alkanes) is 9. The smallest absolute Gasteiger partial charge is 0.224 e. The van der Waals surface area contributed by atoms with Gasteiger partial charge in [0.25, 0.3) is 0 Å². The van der Waals surface area contributed by atoms with Crippen LogP contribution < -0.4 is 10.6 Å². The predicted molar refractivity (Wildman–Crippen MR) is 142 cm³/mol. The van der Waals surface area contributed by atoms with E-state index in [9.17, 15) is 4.79 Å². The van der Waals surface area contributed by atoms with E-state index in [1.54, 1.807) is 0 Å². The van der Waals surface area contributed by atoms with Crippen molar-refractivity contribution in [2.45, 2.75) is 104 Å². The number of amides is 1. The minimum absolute atomic E-state index is 0.0294. The number of carbonyl (C=O) groups excluding carboxylic acids is 1. The van der Waals surface area contributed by atoms with E-state index in [4.69, 9.17) is 17.0 Å². The zero-order chi connectivity index (χ0) is 23.4. The average Bonchev–Trinajstić information content (AvgIpc) is 2.78. The Bertz CT molecular complexity index is 649. The molecule has 0 aromatic heterocycles. The van der Waals surface area contributed by atoms with Gasteiger partial charge in [-0.1, -0.05) is 96.0 Å². The van der Waals surface area contributed by atoms with Gasteiger partial charge in [0.1, 0.15) is 4.99 Å². The fourth-order valence-electron chi connectivity index (χ4n) is 3.54. The van der Waals surface area contributed by atoms with Gasteiger partial charge in [0, 0.05) is 37.4 Å². The maximum atomic E-state index is 12.3. The summed E-state index contributed by atoms with van der Waals surface area (Å²) in [5, 5.41) is 6.32. The first-order chi connectivity index (χ1) is 15.6. The number of thiocarbonyl (C=S) groups is 1. The van der Waals surface area contributed by atoms with Crippen LogP contribution in [-0.2, 0) is 9.53 Å². The second-order valence-electron chi connectivity index (χ2n) is 8.73. The lowest BCUT2D eigenvalue weighted by Gasteiger charge is -2.12. The fraction of sp³-hybridized carbons (Fsp3) is 0.704. The van der Waals surface area contributed by atoms with E-state index in [0.717, 1.165) is 60.6 Å². The van der Waals surface area contributed by atoms with Crippen molar-refractivity contribution in [3.8, 4) is 0 Å².